The van der Waals surface area contributed by atoms with Crippen molar-refractivity contribution in [2.24, 2.45) is 0 Å². The molecule has 0 atom stereocenters. The zero-order valence-corrected chi connectivity index (χ0v) is 13.0. The van der Waals surface area contributed by atoms with Gasteiger partial charge in [0.1, 0.15) is 0 Å². The minimum absolute atomic E-state index is 0.0391. The van der Waals surface area contributed by atoms with Crippen LogP contribution in [0.3, 0.4) is 0 Å². The van der Waals surface area contributed by atoms with Gasteiger partial charge in [0.25, 0.3) is 0 Å². The van der Waals surface area contributed by atoms with Crippen molar-refractivity contribution in [3.63, 3.8) is 0 Å². The summed E-state index contributed by atoms with van der Waals surface area (Å²) in [4.78, 5) is 39.1. The van der Waals surface area contributed by atoms with Gasteiger partial charge in [-0.3, -0.25) is 14.4 Å². The first-order chi connectivity index (χ1) is 10.5. The average Bonchev–Trinajstić information content (AvgIpc) is 2.54. The minimum Gasteiger partial charge on any atom is -0.332 e. The molecule has 1 aromatic carbocycles. The third kappa shape index (κ3) is 3.92. The lowest BCUT2D eigenvalue weighted by molar-refractivity contribution is -0.144. The van der Waals surface area contributed by atoms with Gasteiger partial charge in [-0.2, -0.15) is 0 Å². The molecule has 0 bridgehead atoms. The molecule has 2 rings (SSSR count). The maximum Gasteiger partial charge on any atom is 0.313 e. The van der Waals surface area contributed by atoms with Crippen LogP contribution in [-0.2, 0) is 9.59 Å². The van der Waals surface area contributed by atoms with E-state index in [2.05, 4.69) is 17.1 Å². The van der Waals surface area contributed by atoms with E-state index in [9.17, 15) is 14.4 Å². The number of carbonyl (C=O) groups is 3. The number of likely N-dealkylation sites (N-methyl/N-ethyl adjacent to an activating group) is 1. The fourth-order valence-electron chi connectivity index (χ4n) is 2.38. The Hall–Kier alpha value is -2.21. The Bertz CT molecular complexity index is 561. The van der Waals surface area contributed by atoms with E-state index in [0.717, 1.165) is 19.6 Å². The summed E-state index contributed by atoms with van der Waals surface area (Å²) in [5.74, 6) is -1.19. The Balaban J connectivity index is 1.91. The second-order valence-corrected chi connectivity index (χ2v) is 5.31. The van der Waals surface area contributed by atoms with Gasteiger partial charge < -0.3 is 15.1 Å². The molecule has 6 heteroatoms. The number of carbonyl (C=O) groups excluding carboxylic acids is 3. The van der Waals surface area contributed by atoms with Crippen LogP contribution in [0.5, 0.6) is 0 Å². The molecule has 0 unspecified atom stereocenters. The van der Waals surface area contributed by atoms with E-state index in [1.807, 2.05) is 0 Å². The number of hydrogen-bond donors (Lipinski definition) is 1. The molecule has 0 aliphatic carbocycles. The molecular formula is C16H21N3O3. The van der Waals surface area contributed by atoms with Crippen molar-refractivity contribution >= 4 is 23.3 Å². The van der Waals surface area contributed by atoms with Gasteiger partial charge in [0, 0.05) is 37.4 Å². The van der Waals surface area contributed by atoms with Gasteiger partial charge in [0.15, 0.2) is 5.78 Å². The van der Waals surface area contributed by atoms with Crippen LogP contribution in [0.4, 0.5) is 5.69 Å². The fourth-order valence-corrected chi connectivity index (χ4v) is 2.38. The minimum atomic E-state index is -0.638. The summed E-state index contributed by atoms with van der Waals surface area (Å²) in [5.41, 5.74) is 1.08. The monoisotopic (exact) mass is 303 g/mol. The van der Waals surface area contributed by atoms with Crippen molar-refractivity contribution in [2.45, 2.75) is 13.8 Å². The Morgan fingerprint density at radius 3 is 2.14 bits per heavy atom. The molecular weight excluding hydrogens is 282 g/mol. The second kappa shape index (κ2) is 7.17. The van der Waals surface area contributed by atoms with Gasteiger partial charge in [-0.1, -0.05) is 6.92 Å². The summed E-state index contributed by atoms with van der Waals surface area (Å²) in [7, 11) is 0. The van der Waals surface area contributed by atoms with Crippen LogP contribution in [0.15, 0.2) is 24.3 Å². The molecule has 0 spiro atoms. The number of rotatable bonds is 3. The van der Waals surface area contributed by atoms with Crippen LogP contribution in [0, 0.1) is 0 Å². The average molecular weight is 303 g/mol. The molecule has 1 aromatic rings. The first kappa shape index (κ1) is 16.2. The van der Waals surface area contributed by atoms with Crippen molar-refractivity contribution in [3.05, 3.63) is 29.8 Å². The lowest BCUT2D eigenvalue weighted by atomic mass is 10.1. The maximum atomic E-state index is 12.1. The predicted molar refractivity (Wildman–Crippen MR) is 83.8 cm³/mol. The quantitative estimate of drug-likeness (QED) is 0.668. The van der Waals surface area contributed by atoms with Crippen LogP contribution < -0.4 is 5.32 Å². The van der Waals surface area contributed by atoms with Crippen LogP contribution >= 0.6 is 0 Å². The Kier molecular flexibility index (Phi) is 5.27. The van der Waals surface area contributed by atoms with E-state index in [1.54, 1.807) is 29.2 Å². The maximum absolute atomic E-state index is 12.1. The number of anilines is 1. The molecule has 22 heavy (non-hydrogen) atoms. The molecule has 1 heterocycles. The number of piperazine rings is 1. The number of benzene rings is 1. The first-order valence-electron chi connectivity index (χ1n) is 7.45. The SMILES string of the molecule is CCN1CCN(C(=O)C(=O)Nc2ccc(C(C)=O)cc2)CC1. The van der Waals surface area contributed by atoms with E-state index in [1.165, 1.54) is 6.92 Å². The highest BCUT2D eigenvalue weighted by molar-refractivity contribution is 6.39. The van der Waals surface area contributed by atoms with Crippen molar-refractivity contribution in [1.29, 1.82) is 0 Å². The standard InChI is InChI=1S/C16H21N3O3/c1-3-18-8-10-19(11-9-18)16(22)15(21)17-14-6-4-13(5-7-14)12(2)20/h4-7H,3,8-11H2,1-2H3,(H,17,21). The molecule has 0 radical (unpaired) electrons. The summed E-state index contributed by atoms with van der Waals surface area (Å²) in [6.07, 6.45) is 0. The Morgan fingerprint density at radius 2 is 1.64 bits per heavy atom. The topological polar surface area (TPSA) is 69.7 Å². The van der Waals surface area contributed by atoms with Crippen LogP contribution in [0.25, 0.3) is 0 Å². The third-order valence-electron chi connectivity index (χ3n) is 3.85. The molecule has 2 amide bonds. The van der Waals surface area contributed by atoms with Gasteiger partial charge in [-0.25, -0.2) is 0 Å². The summed E-state index contributed by atoms with van der Waals surface area (Å²) in [6.45, 7) is 7.25. The zero-order chi connectivity index (χ0) is 16.1. The molecule has 1 fully saturated rings. The van der Waals surface area contributed by atoms with Gasteiger partial charge in [0.2, 0.25) is 0 Å². The van der Waals surface area contributed by atoms with Crippen molar-refractivity contribution in [2.75, 3.05) is 38.0 Å². The summed E-state index contributed by atoms with van der Waals surface area (Å²) in [6, 6.07) is 6.50. The van der Waals surface area contributed by atoms with E-state index in [0.29, 0.717) is 24.3 Å². The summed E-state index contributed by atoms with van der Waals surface area (Å²) >= 11 is 0. The first-order valence-corrected chi connectivity index (χ1v) is 7.45. The van der Waals surface area contributed by atoms with E-state index in [4.69, 9.17) is 0 Å². The molecule has 0 saturated carbocycles. The number of nitrogens with zero attached hydrogens (tertiary/aromatic N) is 2. The molecule has 1 saturated heterocycles. The van der Waals surface area contributed by atoms with E-state index < -0.39 is 11.8 Å². The second-order valence-electron chi connectivity index (χ2n) is 5.31. The highest BCUT2D eigenvalue weighted by Crippen LogP contribution is 2.11. The normalized spacial score (nSPS) is 15.5. The van der Waals surface area contributed by atoms with Gasteiger partial charge in [-0.05, 0) is 37.7 Å². The molecule has 1 aliphatic heterocycles. The van der Waals surface area contributed by atoms with Crippen molar-refractivity contribution < 1.29 is 14.4 Å². The number of nitrogens with one attached hydrogen (secondary N) is 1. The molecule has 6 nitrogen and oxygen atoms in total. The number of Topliss-reactive ketones (excluding diaryl/α,β-unsaturated/α-hetero) is 1. The Labute approximate surface area is 130 Å². The smallest absolute Gasteiger partial charge is 0.313 e. The van der Waals surface area contributed by atoms with Crippen LogP contribution in [-0.4, -0.2) is 60.1 Å². The van der Waals surface area contributed by atoms with Crippen molar-refractivity contribution in [1.82, 2.24) is 9.80 Å². The summed E-state index contributed by atoms with van der Waals surface area (Å²) in [5, 5.41) is 2.58. The number of hydrogen-bond acceptors (Lipinski definition) is 4. The number of ketones is 1. The Morgan fingerprint density at radius 1 is 1.05 bits per heavy atom. The van der Waals surface area contributed by atoms with Gasteiger partial charge in [0.05, 0.1) is 0 Å². The predicted octanol–water partition coefficient (Wildman–Crippen LogP) is 0.992. The van der Waals surface area contributed by atoms with Gasteiger partial charge >= 0.3 is 11.8 Å². The number of amides is 2. The van der Waals surface area contributed by atoms with Crippen LogP contribution in [0.1, 0.15) is 24.2 Å². The highest BCUT2D eigenvalue weighted by Gasteiger charge is 2.25. The lowest BCUT2D eigenvalue weighted by Crippen LogP contribution is -2.51. The largest absolute Gasteiger partial charge is 0.332 e. The lowest BCUT2D eigenvalue weighted by Gasteiger charge is -2.33. The summed E-state index contributed by atoms with van der Waals surface area (Å²) < 4.78 is 0. The zero-order valence-electron chi connectivity index (χ0n) is 13.0. The van der Waals surface area contributed by atoms with Gasteiger partial charge in [-0.15, -0.1) is 0 Å². The molecule has 0 aromatic heterocycles. The molecule has 118 valence electrons. The van der Waals surface area contributed by atoms with Crippen LogP contribution in [0.2, 0.25) is 0 Å². The third-order valence-corrected chi connectivity index (χ3v) is 3.85. The van der Waals surface area contributed by atoms with E-state index >= 15 is 0 Å². The van der Waals surface area contributed by atoms with E-state index in [-0.39, 0.29) is 5.78 Å². The fraction of sp³-hybridized carbons (Fsp3) is 0.438. The molecule has 1 N–H and O–H groups in total. The molecule has 1 aliphatic rings. The van der Waals surface area contributed by atoms with Crippen molar-refractivity contribution in [3.8, 4) is 0 Å². The highest BCUT2D eigenvalue weighted by atomic mass is 16.2.